The van der Waals surface area contributed by atoms with Gasteiger partial charge in [-0.1, -0.05) is 13.8 Å². The van der Waals surface area contributed by atoms with E-state index in [-0.39, 0.29) is 24.0 Å². The van der Waals surface area contributed by atoms with Gasteiger partial charge < -0.3 is 25.5 Å². The SMILES string of the molecule is CC(C)[C@@H](NC(=O)N1CCN2C(=O)NCC2C1)C(=O)O. The number of carboxylic acids is 1. The Morgan fingerprint density at radius 2 is 2.10 bits per heavy atom. The number of fused-ring (bicyclic) bond motifs is 1. The van der Waals surface area contributed by atoms with Crippen LogP contribution in [0.5, 0.6) is 0 Å². The average Bonchev–Trinajstić information content (AvgIpc) is 2.76. The number of hydrogen-bond donors (Lipinski definition) is 3. The molecule has 8 nitrogen and oxygen atoms in total. The molecule has 0 aromatic carbocycles. The van der Waals surface area contributed by atoms with Crippen molar-refractivity contribution in [2.45, 2.75) is 25.9 Å². The van der Waals surface area contributed by atoms with Gasteiger partial charge in [0.25, 0.3) is 0 Å². The number of rotatable bonds is 3. The van der Waals surface area contributed by atoms with E-state index in [1.165, 1.54) is 0 Å². The minimum absolute atomic E-state index is 0.0238. The number of carbonyl (C=O) groups excluding carboxylic acids is 2. The minimum atomic E-state index is -1.04. The topological polar surface area (TPSA) is 102 Å². The summed E-state index contributed by atoms with van der Waals surface area (Å²) in [6.45, 7) is 5.33. The summed E-state index contributed by atoms with van der Waals surface area (Å²) in [5, 5.41) is 14.4. The summed E-state index contributed by atoms with van der Waals surface area (Å²) in [5.74, 6) is -1.22. The molecule has 2 fully saturated rings. The van der Waals surface area contributed by atoms with Crippen LogP contribution in [0.4, 0.5) is 9.59 Å². The van der Waals surface area contributed by atoms with Crippen LogP contribution >= 0.6 is 0 Å². The molecule has 1 unspecified atom stereocenters. The van der Waals surface area contributed by atoms with Gasteiger partial charge in [-0.2, -0.15) is 0 Å². The first-order valence-electron chi connectivity index (χ1n) is 6.73. The number of piperazine rings is 1. The molecule has 0 aromatic rings. The molecule has 2 rings (SSSR count). The largest absolute Gasteiger partial charge is 0.480 e. The predicted molar refractivity (Wildman–Crippen MR) is 70.3 cm³/mol. The molecule has 2 atom stereocenters. The Morgan fingerprint density at radius 3 is 2.70 bits per heavy atom. The molecule has 2 aliphatic heterocycles. The van der Waals surface area contributed by atoms with E-state index < -0.39 is 12.0 Å². The molecule has 0 aromatic heterocycles. The third-order valence-corrected chi connectivity index (χ3v) is 3.73. The Labute approximate surface area is 117 Å². The van der Waals surface area contributed by atoms with Crippen LogP contribution in [0.1, 0.15) is 13.8 Å². The fraction of sp³-hybridized carbons (Fsp3) is 0.750. The molecule has 112 valence electrons. The number of urea groups is 2. The van der Waals surface area contributed by atoms with Crippen molar-refractivity contribution in [3.8, 4) is 0 Å². The van der Waals surface area contributed by atoms with Crippen LogP contribution in [0.2, 0.25) is 0 Å². The van der Waals surface area contributed by atoms with E-state index in [1.54, 1.807) is 23.6 Å². The van der Waals surface area contributed by atoms with E-state index in [2.05, 4.69) is 10.6 Å². The fourth-order valence-electron chi connectivity index (χ4n) is 2.53. The quantitative estimate of drug-likeness (QED) is 0.651. The lowest BCUT2D eigenvalue weighted by Crippen LogP contribution is -2.58. The van der Waals surface area contributed by atoms with Gasteiger partial charge >= 0.3 is 18.0 Å². The molecular formula is C12H20N4O4. The van der Waals surface area contributed by atoms with Gasteiger partial charge in [0.15, 0.2) is 0 Å². The van der Waals surface area contributed by atoms with E-state index >= 15 is 0 Å². The van der Waals surface area contributed by atoms with Crippen LogP contribution in [0.25, 0.3) is 0 Å². The van der Waals surface area contributed by atoms with Crippen LogP contribution in [-0.2, 0) is 4.79 Å². The third kappa shape index (κ3) is 2.78. The number of carboxylic acid groups (broad SMARTS) is 1. The fourth-order valence-corrected chi connectivity index (χ4v) is 2.53. The van der Waals surface area contributed by atoms with Crippen molar-refractivity contribution in [2.24, 2.45) is 5.92 Å². The van der Waals surface area contributed by atoms with E-state index in [4.69, 9.17) is 5.11 Å². The second kappa shape index (κ2) is 5.56. The van der Waals surface area contributed by atoms with Crippen molar-refractivity contribution in [1.29, 1.82) is 0 Å². The van der Waals surface area contributed by atoms with E-state index in [0.717, 1.165) is 0 Å². The van der Waals surface area contributed by atoms with Crippen LogP contribution < -0.4 is 10.6 Å². The molecule has 4 amide bonds. The van der Waals surface area contributed by atoms with Crippen molar-refractivity contribution in [1.82, 2.24) is 20.4 Å². The first-order chi connectivity index (χ1) is 9.40. The molecule has 2 saturated heterocycles. The monoisotopic (exact) mass is 284 g/mol. The molecule has 2 heterocycles. The van der Waals surface area contributed by atoms with Gasteiger partial charge in [0.05, 0.1) is 6.04 Å². The van der Waals surface area contributed by atoms with Crippen molar-refractivity contribution in [3.05, 3.63) is 0 Å². The molecule has 0 saturated carbocycles. The van der Waals surface area contributed by atoms with Gasteiger partial charge in [-0.15, -0.1) is 0 Å². The summed E-state index contributed by atoms with van der Waals surface area (Å²) in [5.41, 5.74) is 0. The van der Waals surface area contributed by atoms with Gasteiger partial charge in [-0.25, -0.2) is 14.4 Å². The Hall–Kier alpha value is -1.99. The Morgan fingerprint density at radius 1 is 1.40 bits per heavy atom. The van der Waals surface area contributed by atoms with Crippen LogP contribution in [-0.4, -0.2) is 71.2 Å². The van der Waals surface area contributed by atoms with Crippen molar-refractivity contribution < 1.29 is 19.5 Å². The van der Waals surface area contributed by atoms with Gasteiger partial charge in [-0.05, 0) is 5.92 Å². The summed E-state index contributed by atoms with van der Waals surface area (Å²) in [4.78, 5) is 37.9. The minimum Gasteiger partial charge on any atom is -0.480 e. The first-order valence-corrected chi connectivity index (χ1v) is 6.73. The lowest BCUT2D eigenvalue weighted by atomic mass is 10.1. The van der Waals surface area contributed by atoms with Crippen LogP contribution in [0, 0.1) is 5.92 Å². The maximum Gasteiger partial charge on any atom is 0.326 e. The zero-order chi connectivity index (χ0) is 14.9. The highest BCUT2D eigenvalue weighted by molar-refractivity contribution is 5.83. The average molecular weight is 284 g/mol. The molecule has 0 radical (unpaired) electrons. The summed E-state index contributed by atoms with van der Waals surface area (Å²) in [6, 6.07) is -1.40. The summed E-state index contributed by atoms with van der Waals surface area (Å²) in [6.07, 6.45) is 0. The third-order valence-electron chi connectivity index (χ3n) is 3.73. The zero-order valence-corrected chi connectivity index (χ0v) is 11.6. The maximum absolute atomic E-state index is 12.1. The van der Waals surface area contributed by atoms with E-state index in [9.17, 15) is 14.4 Å². The second-order valence-corrected chi connectivity index (χ2v) is 5.49. The van der Waals surface area contributed by atoms with Crippen molar-refractivity contribution in [3.63, 3.8) is 0 Å². The Balaban J connectivity index is 1.94. The lowest BCUT2D eigenvalue weighted by Gasteiger charge is -2.37. The normalized spacial score (nSPS) is 23.4. The molecular weight excluding hydrogens is 264 g/mol. The van der Waals surface area contributed by atoms with Crippen LogP contribution in [0.3, 0.4) is 0 Å². The number of aliphatic carboxylic acids is 1. The second-order valence-electron chi connectivity index (χ2n) is 5.49. The van der Waals surface area contributed by atoms with Gasteiger partial charge in [0.2, 0.25) is 0 Å². The highest BCUT2D eigenvalue weighted by Gasteiger charge is 2.37. The maximum atomic E-state index is 12.1. The number of hydrogen-bond acceptors (Lipinski definition) is 3. The molecule has 3 N–H and O–H groups in total. The van der Waals surface area contributed by atoms with Gasteiger partial charge in [0.1, 0.15) is 6.04 Å². The van der Waals surface area contributed by atoms with Gasteiger partial charge in [0, 0.05) is 26.2 Å². The number of nitrogens with zero attached hydrogens (tertiary/aromatic N) is 2. The molecule has 0 aliphatic carbocycles. The molecule has 0 bridgehead atoms. The Bertz CT molecular complexity index is 426. The van der Waals surface area contributed by atoms with Gasteiger partial charge in [-0.3, -0.25) is 0 Å². The molecule has 0 spiro atoms. The zero-order valence-electron chi connectivity index (χ0n) is 11.6. The van der Waals surface area contributed by atoms with Crippen molar-refractivity contribution in [2.75, 3.05) is 26.2 Å². The molecule has 2 aliphatic rings. The van der Waals surface area contributed by atoms with Crippen LogP contribution in [0.15, 0.2) is 0 Å². The summed E-state index contributed by atoms with van der Waals surface area (Å²) in [7, 11) is 0. The summed E-state index contributed by atoms with van der Waals surface area (Å²) >= 11 is 0. The summed E-state index contributed by atoms with van der Waals surface area (Å²) < 4.78 is 0. The number of nitrogens with one attached hydrogen (secondary N) is 2. The highest BCUT2D eigenvalue weighted by Crippen LogP contribution is 2.14. The first kappa shape index (κ1) is 14.4. The predicted octanol–water partition coefficient (Wildman–Crippen LogP) is -0.485. The number of amides is 4. The highest BCUT2D eigenvalue weighted by atomic mass is 16.4. The lowest BCUT2D eigenvalue weighted by molar-refractivity contribution is -0.140. The van der Waals surface area contributed by atoms with E-state index in [1.807, 2.05) is 0 Å². The Kier molecular flexibility index (Phi) is 4.01. The smallest absolute Gasteiger partial charge is 0.326 e. The van der Waals surface area contributed by atoms with Crippen molar-refractivity contribution >= 4 is 18.0 Å². The molecule has 8 heteroatoms. The molecule has 20 heavy (non-hydrogen) atoms. The number of carbonyl (C=O) groups is 3. The van der Waals surface area contributed by atoms with E-state index in [0.29, 0.717) is 26.2 Å². The standard InChI is InChI=1S/C12H20N4O4/c1-7(2)9(10(17)18)14-12(20)15-3-4-16-8(6-15)5-13-11(16)19/h7-9H,3-6H2,1-2H3,(H,13,19)(H,14,20)(H,17,18)/t8?,9-/m1/s1.